The van der Waals surface area contributed by atoms with Crippen LogP contribution in [0.15, 0.2) is 0 Å². The smallest absolute Gasteiger partial charge is 0.311 e. The van der Waals surface area contributed by atoms with E-state index in [0.717, 1.165) is 0 Å². The monoisotopic (exact) mass is 582 g/mol. The molecule has 1 spiro atoms. The molecule has 2 aliphatic heterocycles. The number of hydrogen-bond donors (Lipinski definition) is 0. The maximum atomic E-state index is 13.4. The number of carbonyl (C=O) groups is 4. The summed E-state index contributed by atoms with van der Waals surface area (Å²) >= 11 is 0. The third-order valence-electron chi connectivity index (χ3n) is 7.99. The first-order valence-electron chi connectivity index (χ1n) is 14.5. The Labute approximate surface area is 244 Å². The van der Waals surface area contributed by atoms with Gasteiger partial charge in [-0.25, -0.2) is 0 Å². The zero-order valence-corrected chi connectivity index (χ0v) is 27.1. The molecule has 10 heteroatoms. The fourth-order valence-corrected chi connectivity index (χ4v) is 5.28. The summed E-state index contributed by atoms with van der Waals surface area (Å²) in [4.78, 5) is 52.8. The summed E-state index contributed by atoms with van der Waals surface area (Å²) < 4.78 is 36.9. The lowest BCUT2D eigenvalue weighted by atomic mass is 9.87. The van der Waals surface area contributed by atoms with Crippen molar-refractivity contribution in [1.29, 1.82) is 0 Å². The van der Waals surface area contributed by atoms with Crippen molar-refractivity contribution in [3.05, 3.63) is 0 Å². The van der Waals surface area contributed by atoms with Gasteiger partial charge in [-0.3, -0.25) is 19.2 Å². The first kappa shape index (κ1) is 33.3. The van der Waals surface area contributed by atoms with Crippen molar-refractivity contribution < 1.29 is 47.6 Å². The predicted octanol–water partition coefficient (Wildman–Crippen LogP) is 4.40. The van der Waals surface area contributed by atoms with E-state index < -0.39 is 81.2 Å². The van der Waals surface area contributed by atoms with E-state index in [1.807, 2.05) is 6.92 Å². The maximum Gasteiger partial charge on any atom is 0.311 e. The van der Waals surface area contributed by atoms with Crippen LogP contribution in [0.25, 0.3) is 0 Å². The number of rotatable bonds is 5. The van der Waals surface area contributed by atoms with E-state index in [1.165, 1.54) is 0 Å². The summed E-state index contributed by atoms with van der Waals surface area (Å²) in [6, 6.07) is 0. The second-order valence-corrected chi connectivity index (χ2v) is 15.9. The molecule has 1 unspecified atom stereocenters. The molecule has 0 N–H and O–H groups in total. The molecule has 0 aromatic heterocycles. The Morgan fingerprint density at radius 1 is 0.683 bits per heavy atom. The fraction of sp³-hybridized carbons (Fsp3) is 0.871. The van der Waals surface area contributed by atoms with Crippen molar-refractivity contribution in [2.24, 2.45) is 27.6 Å². The van der Waals surface area contributed by atoms with Gasteiger partial charge in [0.1, 0.15) is 23.9 Å². The molecule has 1 saturated carbocycles. The molecule has 0 amide bonds. The Morgan fingerprint density at radius 2 is 1.12 bits per heavy atom. The van der Waals surface area contributed by atoms with E-state index in [-0.39, 0.29) is 12.5 Å². The Balaban J connectivity index is 2.16. The number of carbonyl (C=O) groups excluding carboxylic acids is 4. The number of esters is 4. The van der Waals surface area contributed by atoms with Gasteiger partial charge in [-0.2, -0.15) is 0 Å². The largest absolute Gasteiger partial charge is 0.462 e. The SMILES string of the molecule is CC(C)(C)C(=O)OC[C@H]1OC2([C@H](OC(=O)C(C)(C)C)[C@@H](OC(=O)C(C)(C)C)[C@@H]1OC(=O)C(C)(C)C)[C@@H]1CCO[C@@]12C. The highest BCUT2D eigenvalue weighted by Crippen LogP contribution is 2.69. The summed E-state index contributed by atoms with van der Waals surface area (Å²) in [5.74, 6) is -2.35. The average Bonchev–Trinajstić information content (AvgIpc) is 3.06. The molecule has 1 aliphatic carbocycles. The van der Waals surface area contributed by atoms with Gasteiger partial charge in [-0.1, -0.05) is 0 Å². The van der Waals surface area contributed by atoms with E-state index in [2.05, 4.69) is 0 Å². The van der Waals surface area contributed by atoms with Crippen molar-refractivity contribution in [2.75, 3.05) is 13.2 Å². The Morgan fingerprint density at radius 3 is 1.54 bits per heavy atom. The van der Waals surface area contributed by atoms with Crippen LogP contribution in [-0.4, -0.2) is 72.7 Å². The lowest BCUT2D eigenvalue weighted by Crippen LogP contribution is -2.67. The minimum absolute atomic E-state index is 0.191. The van der Waals surface area contributed by atoms with Crippen LogP contribution >= 0.6 is 0 Å². The molecule has 0 aromatic carbocycles. The van der Waals surface area contributed by atoms with E-state index in [0.29, 0.717) is 13.0 Å². The van der Waals surface area contributed by atoms with Crippen LogP contribution in [-0.2, 0) is 47.6 Å². The van der Waals surface area contributed by atoms with Crippen LogP contribution in [0.1, 0.15) is 96.4 Å². The third-order valence-corrected chi connectivity index (χ3v) is 7.99. The van der Waals surface area contributed by atoms with Crippen molar-refractivity contribution in [1.82, 2.24) is 0 Å². The van der Waals surface area contributed by atoms with Gasteiger partial charge >= 0.3 is 23.9 Å². The highest BCUT2D eigenvalue weighted by molar-refractivity contribution is 5.78. The molecule has 41 heavy (non-hydrogen) atoms. The molecule has 0 radical (unpaired) electrons. The van der Waals surface area contributed by atoms with Crippen molar-refractivity contribution >= 4 is 23.9 Å². The second kappa shape index (κ2) is 10.5. The van der Waals surface area contributed by atoms with Crippen LogP contribution < -0.4 is 0 Å². The number of hydrogen-bond acceptors (Lipinski definition) is 10. The molecule has 234 valence electrons. The maximum absolute atomic E-state index is 13.4. The minimum Gasteiger partial charge on any atom is -0.462 e. The summed E-state index contributed by atoms with van der Waals surface area (Å²) in [6.07, 6.45) is -4.04. The van der Waals surface area contributed by atoms with E-state index >= 15 is 0 Å². The van der Waals surface area contributed by atoms with Gasteiger partial charge in [0.2, 0.25) is 0 Å². The van der Waals surface area contributed by atoms with Crippen LogP contribution in [0.3, 0.4) is 0 Å². The normalized spacial score (nSPS) is 33.5. The minimum atomic E-state index is -1.25. The summed E-state index contributed by atoms with van der Waals surface area (Å²) in [5.41, 5.74) is -5.58. The number of fused-ring (bicyclic) bond motifs is 3. The van der Waals surface area contributed by atoms with Gasteiger partial charge in [0, 0.05) is 12.5 Å². The fourth-order valence-electron chi connectivity index (χ4n) is 5.28. The van der Waals surface area contributed by atoms with Crippen molar-refractivity contribution in [3.8, 4) is 0 Å². The lowest BCUT2D eigenvalue weighted by molar-refractivity contribution is -0.283. The Bertz CT molecular complexity index is 1050. The Hall–Kier alpha value is -2.20. The molecule has 10 nitrogen and oxygen atoms in total. The predicted molar refractivity (Wildman–Crippen MR) is 148 cm³/mol. The van der Waals surface area contributed by atoms with Crippen LogP contribution in [0.5, 0.6) is 0 Å². The van der Waals surface area contributed by atoms with Gasteiger partial charge < -0.3 is 28.4 Å². The van der Waals surface area contributed by atoms with Crippen molar-refractivity contribution in [3.63, 3.8) is 0 Å². The van der Waals surface area contributed by atoms with Crippen LogP contribution in [0.2, 0.25) is 0 Å². The zero-order valence-electron chi connectivity index (χ0n) is 27.1. The van der Waals surface area contributed by atoms with Gasteiger partial charge in [0.25, 0.3) is 0 Å². The standard InChI is InChI=1S/C31H50O10/c1-26(2,3)22(32)36-16-17-19(38-23(33)27(4,5)6)20(39-24(34)28(7,8)9)21(40-25(35)29(10,11)12)31(41-17)18-14-15-37-30(18,31)13/h17-21H,14-16H2,1-13H3/t17-,18-,19-,20+,21-,30+,31?/m1/s1. The van der Waals surface area contributed by atoms with Crippen molar-refractivity contribution in [2.45, 2.75) is 132 Å². The topological polar surface area (TPSA) is 124 Å². The van der Waals surface area contributed by atoms with Gasteiger partial charge in [-0.15, -0.1) is 0 Å². The molecule has 7 atom stereocenters. The zero-order chi connectivity index (χ0) is 31.6. The quantitative estimate of drug-likeness (QED) is 0.340. The highest BCUT2D eigenvalue weighted by Gasteiger charge is 2.86. The molecule has 0 bridgehead atoms. The summed E-state index contributed by atoms with van der Waals surface area (Å²) in [6.45, 7) is 22.7. The average molecular weight is 583 g/mol. The Kier molecular flexibility index (Phi) is 8.53. The molecule has 2 heterocycles. The number of ether oxygens (including phenoxy) is 6. The van der Waals surface area contributed by atoms with Gasteiger partial charge in [-0.05, 0) is 96.4 Å². The molecular weight excluding hydrogens is 532 g/mol. The van der Waals surface area contributed by atoms with Crippen LogP contribution in [0.4, 0.5) is 0 Å². The molecule has 3 fully saturated rings. The lowest BCUT2D eigenvalue weighted by Gasteiger charge is -2.48. The third kappa shape index (κ3) is 6.28. The second-order valence-electron chi connectivity index (χ2n) is 15.9. The highest BCUT2D eigenvalue weighted by atomic mass is 16.7. The van der Waals surface area contributed by atoms with Gasteiger partial charge in [0.05, 0.1) is 21.7 Å². The molecule has 3 rings (SSSR count). The molecule has 2 saturated heterocycles. The van der Waals surface area contributed by atoms with E-state index in [4.69, 9.17) is 28.4 Å². The molecule has 3 aliphatic rings. The first-order valence-corrected chi connectivity index (χ1v) is 14.5. The molecular formula is C31H50O10. The van der Waals surface area contributed by atoms with E-state index in [1.54, 1.807) is 83.1 Å². The summed E-state index contributed by atoms with van der Waals surface area (Å²) in [5, 5.41) is 0. The van der Waals surface area contributed by atoms with Gasteiger partial charge in [0.15, 0.2) is 18.3 Å². The first-order chi connectivity index (χ1) is 18.4. The molecule has 0 aromatic rings. The van der Waals surface area contributed by atoms with Crippen LogP contribution in [0, 0.1) is 27.6 Å². The summed E-state index contributed by atoms with van der Waals surface area (Å²) in [7, 11) is 0. The van der Waals surface area contributed by atoms with E-state index in [9.17, 15) is 19.2 Å².